The van der Waals surface area contributed by atoms with Crippen molar-refractivity contribution in [2.75, 3.05) is 11.9 Å². The van der Waals surface area contributed by atoms with E-state index in [1.165, 1.54) is 6.21 Å². The molecule has 122 valence electrons. The van der Waals surface area contributed by atoms with Gasteiger partial charge in [-0.05, 0) is 30.7 Å². The Labute approximate surface area is 133 Å². The highest BCUT2D eigenvalue weighted by atomic mass is 16.4. The zero-order chi connectivity index (χ0) is 16.8. The van der Waals surface area contributed by atoms with Crippen molar-refractivity contribution in [3.63, 3.8) is 0 Å². The molecule has 1 aromatic carbocycles. The predicted molar refractivity (Wildman–Crippen MR) is 87.0 cm³/mol. The van der Waals surface area contributed by atoms with Crippen LogP contribution in [0.15, 0.2) is 40.7 Å². The minimum absolute atomic E-state index is 0.0839. The lowest BCUT2D eigenvalue weighted by Crippen LogP contribution is -2.43. The maximum atomic E-state index is 11.2. The number of carboxylic acid groups (broad SMARTS) is 1. The Morgan fingerprint density at radius 1 is 1.35 bits per heavy atom. The second-order valence-electron chi connectivity index (χ2n) is 4.93. The number of rotatable bonds is 7. The third-order valence-corrected chi connectivity index (χ3v) is 3.16. The molecule has 0 bridgehead atoms. The smallest absolute Gasteiger partial charge is 0.340 e. The van der Waals surface area contributed by atoms with E-state index in [-0.39, 0.29) is 5.57 Å². The van der Waals surface area contributed by atoms with Gasteiger partial charge in [-0.3, -0.25) is 4.79 Å². The van der Waals surface area contributed by atoms with Gasteiger partial charge in [-0.1, -0.05) is 6.92 Å². The highest BCUT2D eigenvalue weighted by Gasteiger charge is 2.20. The van der Waals surface area contributed by atoms with Gasteiger partial charge in [-0.2, -0.15) is 0 Å². The van der Waals surface area contributed by atoms with Crippen LogP contribution in [0.3, 0.4) is 0 Å². The van der Waals surface area contributed by atoms with Gasteiger partial charge in [0.05, 0.1) is 0 Å². The number of carboxylic acids is 1. The van der Waals surface area contributed by atoms with Crippen LogP contribution in [0.2, 0.25) is 0 Å². The summed E-state index contributed by atoms with van der Waals surface area (Å²) in [6.07, 6.45) is 1.66. The maximum absolute atomic E-state index is 11.2. The third-order valence-electron chi connectivity index (χ3n) is 3.16. The van der Waals surface area contributed by atoms with Gasteiger partial charge in [0.1, 0.15) is 11.4 Å². The van der Waals surface area contributed by atoms with Gasteiger partial charge in [0.25, 0.3) is 0 Å². The van der Waals surface area contributed by atoms with Gasteiger partial charge in [-0.15, -0.1) is 0 Å². The van der Waals surface area contributed by atoms with Crippen molar-refractivity contribution < 1.29 is 14.7 Å². The second kappa shape index (κ2) is 7.30. The first-order valence-electron chi connectivity index (χ1n) is 7.18. The first-order valence-corrected chi connectivity index (χ1v) is 7.18. The fourth-order valence-electron chi connectivity index (χ4n) is 1.99. The molecule has 1 amide bonds. The predicted octanol–water partition coefficient (Wildman–Crippen LogP) is 0.451. The van der Waals surface area contributed by atoms with E-state index >= 15 is 0 Å². The van der Waals surface area contributed by atoms with Crippen LogP contribution < -0.4 is 21.7 Å². The van der Waals surface area contributed by atoms with E-state index in [2.05, 4.69) is 20.9 Å². The van der Waals surface area contributed by atoms with Crippen molar-refractivity contribution >= 4 is 23.8 Å². The Balaban J connectivity index is 2.07. The Hall–Kier alpha value is -3.03. The molecule has 1 unspecified atom stereocenters. The van der Waals surface area contributed by atoms with E-state index in [4.69, 9.17) is 5.73 Å². The number of aliphatic carboxylic acids is 1. The molecule has 2 rings (SSSR count). The maximum Gasteiger partial charge on any atom is 0.340 e. The number of carbonyl (C=O) groups excluding carboxylic acids is 1. The Morgan fingerprint density at radius 2 is 2.04 bits per heavy atom. The molecule has 0 spiro atoms. The van der Waals surface area contributed by atoms with E-state index in [0.29, 0.717) is 17.9 Å². The summed E-state index contributed by atoms with van der Waals surface area (Å²) in [5.74, 6) is -1.13. The number of anilines is 1. The highest BCUT2D eigenvalue weighted by Crippen LogP contribution is 2.13. The molecule has 1 aromatic rings. The van der Waals surface area contributed by atoms with Crippen LogP contribution in [0.1, 0.15) is 23.7 Å². The fraction of sp³-hybridized carbons (Fsp3) is 0.267. The Kier molecular flexibility index (Phi) is 5.19. The molecule has 0 fully saturated rings. The van der Waals surface area contributed by atoms with Crippen LogP contribution in [-0.2, 0) is 4.79 Å². The standard InChI is InChI=1S/C15H19N5O3/c1-2-7-17-13-11(14(22)23)8-18-15(20-13)19-10-5-3-9(4-6-10)12(16)21/h3-6,8,15,17,19-20H,2,7H2,1H3,(H2,16,21)(H,22,23). The molecule has 1 aliphatic rings. The number of amides is 1. The van der Waals surface area contributed by atoms with Gasteiger partial charge in [0.15, 0.2) is 6.29 Å². The molecule has 0 aliphatic carbocycles. The molecule has 8 nitrogen and oxygen atoms in total. The van der Waals surface area contributed by atoms with Gasteiger partial charge < -0.3 is 26.8 Å². The normalized spacial score (nSPS) is 16.7. The minimum Gasteiger partial charge on any atom is -0.478 e. The molecule has 23 heavy (non-hydrogen) atoms. The molecule has 0 aromatic heterocycles. The summed E-state index contributed by atoms with van der Waals surface area (Å²) in [6.45, 7) is 2.63. The first kappa shape index (κ1) is 16.3. The minimum atomic E-state index is -1.05. The number of carbonyl (C=O) groups is 2. The zero-order valence-corrected chi connectivity index (χ0v) is 12.7. The Bertz CT molecular complexity index is 652. The largest absolute Gasteiger partial charge is 0.478 e. The average molecular weight is 317 g/mol. The molecule has 6 N–H and O–H groups in total. The molecule has 1 heterocycles. The summed E-state index contributed by atoms with van der Waals surface area (Å²) in [6, 6.07) is 6.61. The van der Waals surface area contributed by atoms with Crippen LogP contribution in [0.4, 0.5) is 5.69 Å². The van der Waals surface area contributed by atoms with Crippen molar-refractivity contribution in [1.29, 1.82) is 0 Å². The molecular formula is C15H19N5O3. The van der Waals surface area contributed by atoms with Gasteiger partial charge >= 0.3 is 5.97 Å². The summed E-state index contributed by atoms with van der Waals surface area (Å²) in [4.78, 5) is 26.4. The van der Waals surface area contributed by atoms with E-state index in [1.807, 2.05) is 6.92 Å². The van der Waals surface area contributed by atoms with Crippen molar-refractivity contribution in [2.24, 2.45) is 10.7 Å². The topological polar surface area (TPSA) is 129 Å². The van der Waals surface area contributed by atoms with Crippen LogP contribution in [-0.4, -0.2) is 36.0 Å². The number of primary amides is 1. The summed E-state index contributed by atoms with van der Waals surface area (Å²) in [5.41, 5.74) is 6.41. The summed E-state index contributed by atoms with van der Waals surface area (Å²) in [5, 5.41) is 18.3. The lowest BCUT2D eigenvalue weighted by Gasteiger charge is -2.25. The molecular weight excluding hydrogens is 298 g/mol. The molecule has 0 saturated heterocycles. The molecule has 0 radical (unpaired) electrons. The van der Waals surface area contributed by atoms with Crippen LogP contribution in [0, 0.1) is 0 Å². The Morgan fingerprint density at radius 3 is 2.61 bits per heavy atom. The lowest BCUT2D eigenvalue weighted by atomic mass is 10.2. The first-order chi connectivity index (χ1) is 11.0. The van der Waals surface area contributed by atoms with Crippen LogP contribution in [0.25, 0.3) is 0 Å². The number of benzene rings is 1. The molecule has 0 saturated carbocycles. The number of aliphatic imine (C=N–C) groups is 1. The quantitative estimate of drug-likeness (QED) is 0.496. The molecule has 8 heteroatoms. The molecule has 1 atom stereocenters. The monoisotopic (exact) mass is 317 g/mol. The highest BCUT2D eigenvalue weighted by molar-refractivity contribution is 6.09. The number of nitrogens with one attached hydrogen (secondary N) is 3. The van der Waals surface area contributed by atoms with Gasteiger partial charge in [0.2, 0.25) is 5.91 Å². The van der Waals surface area contributed by atoms with Crippen molar-refractivity contribution in [1.82, 2.24) is 10.6 Å². The summed E-state index contributed by atoms with van der Waals surface area (Å²) in [7, 11) is 0. The number of nitrogens with zero attached hydrogens (tertiary/aromatic N) is 1. The van der Waals surface area contributed by atoms with Crippen molar-refractivity contribution in [3.05, 3.63) is 41.2 Å². The zero-order valence-electron chi connectivity index (χ0n) is 12.7. The summed E-state index contributed by atoms with van der Waals surface area (Å²) < 4.78 is 0. The molecule has 1 aliphatic heterocycles. The summed E-state index contributed by atoms with van der Waals surface area (Å²) >= 11 is 0. The van der Waals surface area contributed by atoms with Crippen LogP contribution >= 0.6 is 0 Å². The average Bonchev–Trinajstić information content (AvgIpc) is 2.53. The third kappa shape index (κ3) is 4.22. The number of hydrogen-bond acceptors (Lipinski definition) is 6. The van der Waals surface area contributed by atoms with Gasteiger partial charge in [-0.25, -0.2) is 9.79 Å². The van der Waals surface area contributed by atoms with Gasteiger partial charge in [0, 0.05) is 24.0 Å². The van der Waals surface area contributed by atoms with E-state index in [0.717, 1.165) is 12.1 Å². The van der Waals surface area contributed by atoms with Crippen molar-refractivity contribution in [2.45, 2.75) is 19.6 Å². The second-order valence-corrected chi connectivity index (χ2v) is 4.93. The van der Waals surface area contributed by atoms with E-state index in [1.54, 1.807) is 24.3 Å². The van der Waals surface area contributed by atoms with Crippen LogP contribution in [0.5, 0.6) is 0 Å². The SMILES string of the molecule is CCCNC1=C(C(=O)O)C=NC(Nc2ccc(C(N)=O)cc2)N1. The number of hydrogen-bond donors (Lipinski definition) is 5. The van der Waals surface area contributed by atoms with Crippen molar-refractivity contribution in [3.8, 4) is 0 Å². The number of nitrogens with two attached hydrogens (primary N) is 1. The van der Waals surface area contributed by atoms with E-state index < -0.39 is 18.2 Å². The lowest BCUT2D eigenvalue weighted by molar-refractivity contribution is -0.132. The van der Waals surface area contributed by atoms with E-state index in [9.17, 15) is 14.7 Å². The fourth-order valence-corrected chi connectivity index (χ4v) is 1.99.